The minimum atomic E-state index is -0.910. The Kier molecular flexibility index (Phi) is 2.86. The Bertz CT molecular complexity index is 431. The van der Waals surface area contributed by atoms with E-state index >= 15 is 0 Å². The monoisotopic (exact) mass is 241 g/mol. The molecule has 1 aromatic heterocycles. The second-order valence-electron chi connectivity index (χ2n) is 3.63. The molecule has 0 bridgehead atoms. The number of aliphatic carboxylic acids is 1. The van der Waals surface area contributed by atoms with Gasteiger partial charge >= 0.3 is 5.97 Å². The molecule has 1 saturated carbocycles. The molecular weight excluding hydrogens is 230 g/mol. The van der Waals surface area contributed by atoms with E-state index in [1.165, 1.54) is 11.3 Å². The number of aromatic nitrogens is 2. The first-order chi connectivity index (χ1) is 7.61. The van der Waals surface area contributed by atoms with Crippen LogP contribution in [0.3, 0.4) is 0 Å². The fourth-order valence-corrected chi connectivity index (χ4v) is 2.09. The molecule has 1 aromatic rings. The number of carboxylic acid groups (broad SMARTS) is 1. The maximum absolute atomic E-state index is 11.6. The molecule has 0 spiro atoms. The van der Waals surface area contributed by atoms with Crippen LogP contribution in [-0.4, -0.2) is 27.2 Å². The summed E-state index contributed by atoms with van der Waals surface area (Å²) in [5.41, 5.74) is 0. The first-order valence-electron chi connectivity index (χ1n) is 4.98. The van der Waals surface area contributed by atoms with Gasteiger partial charge in [-0.15, -0.1) is 10.2 Å². The molecule has 16 heavy (non-hydrogen) atoms. The average molecular weight is 241 g/mol. The number of rotatable bonds is 4. The van der Waals surface area contributed by atoms with Crippen molar-refractivity contribution >= 4 is 28.3 Å². The van der Waals surface area contributed by atoms with Gasteiger partial charge in [0.25, 0.3) is 0 Å². The summed E-state index contributed by atoms with van der Waals surface area (Å²) in [6.45, 7) is 1.95. The lowest BCUT2D eigenvalue weighted by Gasteiger charge is -1.97. The lowest BCUT2D eigenvalue weighted by molar-refractivity contribution is -0.139. The van der Waals surface area contributed by atoms with Crippen LogP contribution >= 0.6 is 11.3 Å². The summed E-state index contributed by atoms with van der Waals surface area (Å²) in [4.78, 5) is 22.1. The molecule has 1 heterocycles. The smallest absolute Gasteiger partial charge is 0.307 e. The second-order valence-corrected chi connectivity index (χ2v) is 4.69. The van der Waals surface area contributed by atoms with Gasteiger partial charge in [0.2, 0.25) is 11.0 Å². The molecule has 7 heteroatoms. The Morgan fingerprint density at radius 2 is 2.25 bits per heavy atom. The van der Waals surface area contributed by atoms with Gasteiger partial charge in [-0.05, 0) is 12.8 Å². The van der Waals surface area contributed by atoms with Crippen LogP contribution in [0.25, 0.3) is 0 Å². The van der Waals surface area contributed by atoms with E-state index in [4.69, 9.17) is 5.11 Å². The topological polar surface area (TPSA) is 92.2 Å². The quantitative estimate of drug-likeness (QED) is 0.811. The highest BCUT2D eigenvalue weighted by Crippen LogP contribution is 2.39. The summed E-state index contributed by atoms with van der Waals surface area (Å²) < 4.78 is 0. The van der Waals surface area contributed by atoms with Gasteiger partial charge in [-0.2, -0.15) is 0 Å². The molecule has 0 aliphatic heterocycles. The summed E-state index contributed by atoms with van der Waals surface area (Å²) in [5.74, 6) is -2.12. The Labute approximate surface area is 95.7 Å². The number of amides is 1. The summed E-state index contributed by atoms with van der Waals surface area (Å²) >= 11 is 1.31. The number of aryl methyl sites for hydroxylation is 1. The van der Waals surface area contributed by atoms with E-state index in [0.717, 1.165) is 11.4 Å². The second kappa shape index (κ2) is 4.17. The maximum Gasteiger partial charge on any atom is 0.307 e. The molecule has 6 nitrogen and oxygen atoms in total. The van der Waals surface area contributed by atoms with Crippen molar-refractivity contribution in [2.75, 3.05) is 5.32 Å². The molecule has 2 N–H and O–H groups in total. The standard InChI is InChI=1S/C9H11N3O3S/c1-2-6-11-12-9(16-6)10-7(13)4-3-5(4)8(14)15/h4-5H,2-3H2,1H3,(H,14,15)(H,10,12,13)/t4-,5+/m1/s1. The van der Waals surface area contributed by atoms with Crippen molar-refractivity contribution in [1.29, 1.82) is 0 Å². The van der Waals surface area contributed by atoms with Crippen LogP contribution in [0.2, 0.25) is 0 Å². The number of carbonyl (C=O) groups excluding carboxylic acids is 1. The molecule has 0 unspecified atom stereocenters. The molecule has 86 valence electrons. The zero-order valence-electron chi connectivity index (χ0n) is 8.64. The van der Waals surface area contributed by atoms with Gasteiger partial charge in [0.1, 0.15) is 5.01 Å². The zero-order valence-corrected chi connectivity index (χ0v) is 9.45. The van der Waals surface area contributed by atoms with Gasteiger partial charge in [-0.3, -0.25) is 9.59 Å². The van der Waals surface area contributed by atoms with E-state index < -0.39 is 17.8 Å². The summed E-state index contributed by atoms with van der Waals surface area (Å²) in [6.07, 6.45) is 1.19. The van der Waals surface area contributed by atoms with Gasteiger partial charge in [-0.25, -0.2) is 0 Å². The average Bonchev–Trinajstić information content (AvgIpc) is 2.94. The number of hydrogen-bond acceptors (Lipinski definition) is 5. The van der Waals surface area contributed by atoms with Gasteiger partial charge in [-0.1, -0.05) is 18.3 Å². The van der Waals surface area contributed by atoms with Crippen molar-refractivity contribution in [2.45, 2.75) is 19.8 Å². The largest absolute Gasteiger partial charge is 0.481 e. The third kappa shape index (κ3) is 2.19. The fourth-order valence-electron chi connectivity index (χ4n) is 1.40. The SMILES string of the molecule is CCc1nnc(NC(=O)[C@@H]2C[C@@H]2C(=O)O)s1. The number of carboxylic acids is 1. The van der Waals surface area contributed by atoms with Crippen molar-refractivity contribution in [2.24, 2.45) is 11.8 Å². The van der Waals surface area contributed by atoms with Gasteiger partial charge < -0.3 is 10.4 Å². The van der Waals surface area contributed by atoms with Gasteiger partial charge in [0, 0.05) is 0 Å². The summed E-state index contributed by atoms with van der Waals surface area (Å²) in [7, 11) is 0. The van der Waals surface area contributed by atoms with Crippen LogP contribution in [0.5, 0.6) is 0 Å². The minimum absolute atomic E-state index is 0.272. The lowest BCUT2D eigenvalue weighted by atomic mass is 10.3. The molecule has 1 aliphatic rings. The van der Waals surface area contributed by atoms with E-state index in [2.05, 4.69) is 15.5 Å². The van der Waals surface area contributed by atoms with E-state index in [-0.39, 0.29) is 5.91 Å². The van der Waals surface area contributed by atoms with E-state index in [1.807, 2.05) is 6.92 Å². The number of anilines is 1. The Hall–Kier alpha value is -1.50. The fraction of sp³-hybridized carbons (Fsp3) is 0.556. The van der Waals surface area contributed by atoms with Crippen molar-refractivity contribution < 1.29 is 14.7 Å². The third-order valence-electron chi connectivity index (χ3n) is 2.44. The molecule has 2 rings (SSSR count). The molecular formula is C9H11N3O3S. The molecule has 1 amide bonds. The highest BCUT2D eigenvalue weighted by molar-refractivity contribution is 7.15. The van der Waals surface area contributed by atoms with E-state index in [9.17, 15) is 9.59 Å². The normalized spacial score (nSPS) is 22.8. The van der Waals surface area contributed by atoms with Gasteiger partial charge in [0.05, 0.1) is 11.8 Å². The molecule has 0 aromatic carbocycles. The highest BCUT2D eigenvalue weighted by atomic mass is 32.1. The molecule has 2 atom stereocenters. The minimum Gasteiger partial charge on any atom is -0.481 e. The molecule has 0 saturated heterocycles. The third-order valence-corrected chi connectivity index (χ3v) is 3.43. The van der Waals surface area contributed by atoms with Crippen LogP contribution in [0, 0.1) is 11.8 Å². The van der Waals surface area contributed by atoms with Crippen molar-refractivity contribution in [3.63, 3.8) is 0 Å². The van der Waals surface area contributed by atoms with Crippen molar-refractivity contribution in [1.82, 2.24) is 10.2 Å². The first-order valence-corrected chi connectivity index (χ1v) is 5.79. The van der Waals surface area contributed by atoms with E-state index in [0.29, 0.717) is 11.6 Å². The highest BCUT2D eigenvalue weighted by Gasteiger charge is 2.48. The van der Waals surface area contributed by atoms with Crippen molar-refractivity contribution in [3.05, 3.63) is 5.01 Å². The predicted octanol–water partition coefficient (Wildman–Crippen LogP) is 0.760. The van der Waals surface area contributed by atoms with E-state index in [1.54, 1.807) is 0 Å². The van der Waals surface area contributed by atoms with Crippen LogP contribution in [0.1, 0.15) is 18.4 Å². The van der Waals surface area contributed by atoms with Crippen molar-refractivity contribution in [3.8, 4) is 0 Å². The maximum atomic E-state index is 11.6. The van der Waals surface area contributed by atoms with Crippen LogP contribution in [0.4, 0.5) is 5.13 Å². The lowest BCUT2D eigenvalue weighted by Crippen LogP contribution is -2.16. The van der Waals surface area contributed by atoms with Crippen LogP contribution < -0.4 is 5.32 Å². The van der Waals surface area contributed by atoms with Crippen LogP contribution in [-0.2, 0) is 16.0 Å². The van der Waals surface area contributed by atoms with Crippen LogP contribution in [0.15, 0.2) is 0 Å². The Morgan fingerprint density at radius 3 is 2.75 bits per heavy atom. The Morgan fingerprint density at radius 1 is 1.50 bits per heavy atom. The number of hydrogen-bond donors (Lipinski definition) is 2. The Balaban J connectivity index is 1.91. The first kappa shape index (κ1) is 11.0. The summed E-state index contributed by atoms with van der Waals surface area (Å²) in [6, 6.07) is 0. The molecule has 0 radical (unpaired) electrons. The zero-order chi connectivity index (χ0) is 11.7. The number of nitrogens with zero attached hydrogens (tertiary/aromatic N) is 2. The molecule has 1 fully saturated rings. The molecule has 1 aliphatic carbocycles. The summed E-state index contributed by atoms with van der Waals surface area (Å²) in [5, 5.41) is 20.2. The predicted molar refractivity (Wildman–Crippen MR) is 57.1 cm³/mol. The number of nitrogens with one attached hydrogen (secondary N) is 1. The number of carbonyl (C=O) groups is 2. The van der Waals surface area contributed by atoms with Gasteiger partial charge in [0.15, 0.2) is 0 Å².